The molecule has 0 aliphatic rings. The van der Waals surface area contributed by atoms with E-state index in [1.165, 1.54) is 11.9 Å². The van der Waals surface area contributed by atoms with Gasteiger partial charge in [0.15, 0.2) is 0 Å². The Labute approximate surface area is 120 Å². The first kappa shape index (κ1) is 14.7. The standard InChI is InChI=1S/C10H10Cl4N2O/c1-16(9(14)8(12)13)10(17)15-7-4-2-3-6(11)5-7/h2-5,8-9H,1H3,(H,15,17). The average Bonchev–Trinajstić information content (AvgIpc) is 2.26. The van der Waals surface area contributed by atoms with E-state index >= 15 is 0 Å². The lowest BCUT2D eigenvalue weighted by molar-refractivity contribution is 0.219. The van der Waals surface area contributed by atoms with Crippen molar-refractivity contribution in [1.82, 2.24) is 4.90 Å². The van der Waals surface area contributed by atoms with E-state index in [4.69, 9.17) is 46.4 Å². The number of hydrogen-bond acceptors (Lipinski definition) is 1. The zero-order chi connectivity index (χ0) is 13.0. The topological polar surface area (TPSA) is 32.3 Å². The lowest BCUT2D eigenvalue weighted by Crippen LogP contribution is -2.40. The smallest absolute Gasteiger partial charge is 0.308 e. The molecule has 0 aliphatic carbocycles. The summed E-state index contributed by atoms with van der Waals surface area (Å²) >= 11 is 22.8. The highest BCUT2D eigenvalue weighted by Gasteiger charge is 2.23. The zero-order valence-corrected chi connectivity index (χ0v) is 11.9. The summed E-state index contributed by atoms with van der Waals surface area (Å²) in [6, 6.07) is 6.34. The highest BCUT2D eigenvalue weighted by molar-refractivity contribution is 6.48. The molecule has 0 fully saturated rings. The van der Waals surface area contributed by atoms with Crippen molar-refractivity contribution in [2.75, 3.05) is 12.4 Å². The van der Waals surface area contributed by atoms with Crippen LogP contribution in [-0.2, 0) is 0 Å². The van der Waals surface area contributed by atoms with Crippen LogP contribution in [0, 0.1) is 0 Å². The fourth-order valence-electron chi connectivity index (χ4n) is 1.06. The molecule has 2 amide bonds. The van der Waals surface area contributed by atoms with E-state index < -0.39 is 16.4 Å². The molecule has 1 atom stereocenters. The number of benzene rings is 1. The summed E-state index contributed by atoms with van der Waals surface area (Å²) < 4.78 is 0. The molecule has 1 aromatic rings. The van der Waals surface area contributed by atoms with Crippen LogP contribution in [0.5, 0.6) is 0 Å². The normalized spacial score (nSPS) is 12.4. The molecule has 0 saturated carbocycles. The number of carbonyl (C=O) groups excluding carboxylic acids is 1. The van der Waals surface area contributed by atoms with Gasteiger partial charge in [-0.25, -0.2) is 4.79 Å². The van der Waals surface area contributed by atoms with Crippen LogP contribution < -0.4 is 5.32 Å². The fourth-order valence-corrected chi connectivity index (χ4v) is 1.68. The molecule has 0 aromatic heterocycles. The van der Waals surface area contributed by atoms with E-state index in [9.17, 15) is 4.79 Å². The summed E-state index contributed by atoms with van der Waals surface area (Å²) in [4.78, 5) is 12.1. The van der Waals surface area contributed by atoms with Gasteiger partial charge in [0.1, 0.15) is 10.3 Å². The quantitative estimate of drug-likeness (QED) is 0.659. The average molecular weight is 316 g/mol. The number of nitrogens with zero attached hydrogens (tertiary/aromatic N) is 1. The monoisotopic (exact) mass is 314 g/mol. The van der Waals surface area contributed by atoms with Crippen molar-refractivity contribution in [3.63, 3.8) is 0 Å². The van der Waals surface area contributed by atoms with Crippen molar-refractivity contribution < 1.29 is 4.79 Å². The first-order chi connectivity index (χ1) is 7.91. The van der Waals surface area contributed by atoms with E-state index in [1.54, 1.807) is 24.3 Å². The minimum absolute atomic E-state index is 0.418. The van der Waals surface area contributed by atoms with Crippen LogP contribution in [-0.4, -0.2) is 28.3 Å². The van der Waals surface area contributed by atoms with Gasteiger partial charge in [-0.2, -0.15) is 0 Å². The first-order valence-corrected chi connectivity index (χ1v) is 6.32. The molecule has 3 nitrogen and oxygen atoms in total. The fraction of sp³-hybridized carbons (Fsp3) is 0.300. The predicted molar refractivity (Wildman–Crippen MR) is 73.4 cm³/mol. The zero-order valence-electron chi connectivity index (χ0n) is 8.83. The van der Waals surface area contributed by atoms with Crippen LogP contribution in [0.15, 0.2) is 24.3 Å². The van der Waals surface area contributed by atoms with Crippen molar-refractivity contribution in [2.45, 2.75) is 10.3 Å². The maximum atomic E-state index is 11.7. The maximum absolute atomic E-state index is 11.7. The molecular formula is C10H10Cl4N2O. The van der Waals surface area contributed by atoms with Gasteiger partial charge in [0.05, 0.1) is 0 Å². The Hall–Kier alpha value is -0.350. The summed E-state index contributed by atoms with van der Waals surface area (Å²) in [6.07, 6.45) is 0. The number of rotatable bonds is 3. The van der Waals surface area contributed by atoms with Gasteiger partial charge in [-0.05, 0) is 18.2 Å². The number of amides is 2. The Morgan fingerprint density at radius 1 is 1.35 bits per heavy atom. The van der Waals surface area contributed by atoms with Crippen molar-refractivity contribution >= 4 is 58.1 Å². The van der Waals surface area contributed by atoms with Gasteiger partial charge in [0, 0.05) is 17.8 Å². The summed E-state index contributed by atoms with van der Waals surface area (Å²) in [7, 11) is 1.50. The summed E-state index contributed by atoms with van der Waals surface area (Å²) in [5.41, 5.74) is -0.239. The molecule has 1 unspecified atom stereocenters. The van der Waals surface area contributed by atoms with Crippen molar-refractivity contribution in [3.05, 3.63) is 29.3 Å². The largest absolute Gasteiger partial charge is 0.322 e. The summed E-state index contributed by atoms with van der Waals surface area (Å²) in [6.45, 7) is 0. The van der Waals surface area contributed by atoms with Gasteiger partial charge in [-0.3, -0.25) is 0 Å². The Morgan fingerprint density at radius 3 is 2.53 bits per heavy atom. The third-order valence-corrected chi connectivity index (χ3v) is 3.49. The van der Waals surface area contributed by atoms with Crippen molar-refractivity contribution in [1.29, 1.82) is 0 Å². The minimum Gasteiger partial charge on any atom is -0.308 e. The van der Waals surface area contributed by atoms with Crippen LogP contribution in [0.1, 0.15) is 0 Å². The number of alkyl halides is 3. The van der Waals surface area contributed by atoms with Gasteiger partial charge >= 0.3 is 6.03 Å². The highest BCUT2D eigenvalue weighted by Crippen LogP contribution is 2.19. The van der Waals surface area contributed by atoms with Crippen LogP contribution in [0.25, 0.3) is 0 Å². The second-order valence-electron chi connectivity index (χ2n) is 3.26. The molecular weight excluding hydrogens is 306 g/mol. The maximum Gasteiger partial charge on any atom is 0.322 e. The molecule has 7 heteroatoms. The molecule has 17 heavy (non-hydrogen) atoms. The third kappa shape index (κ3) is 4.43. The summed E-state index contributed by atoms with van der Waals surface area (Å²) in [5.74, 6) is 0. The van der Waals surface area contributed by atoms with Gasteiger partial charge in [0.25, 0.3) is 0 Å². The highest BCUT2D eigenvalue weighted by atomic mass is 35.5. The first-order valence-electron chi connectivity index (χ1n) is 4.63. The Morgan fingerprint density at radius 2 is 2.00 bits per heavy atom. The van der Waals surface area contributed by atoms with Crippen molar-refractivity contribution in [2.24, 2.45) is 0 Å². The Balaban J connectivity index is 2.66. The molecule has 0 saturated heterocycles. The van der Waals surface area contributed by atoms with E-state index in [2.05, 4.69) is 5.32 Å². The van der Waals surface area contributed by atoms with Crippen LogP contribution in [0.2, 0.25) is 5.02 Å². The number of nitrogens with one attached hydrogen (secondary N) is 1. The Bertz CT molecular complexity index is 400. The molecule has 0 bridgehead atoms. The van der Waals surface area contributed by atoms with Gasteiger partial charge in [-0.15, -0.1) is 23.2 Å². The third-order valence-electron chi connectivity index (χ3n) is 1.97. The lowest BCUT2D eigenvalue weighted by Gasteiger charge is -2.24. The minimum atomic E-state index is -0.869. The molecule has 94 valence electrons. The second kappa shape index (κ2) is 6.55. The van der Waals surface area contributed by atoms with Crippen LogP contribution in [0.4, 0.5) is 10.5 Å². The molecule has 1 aromatic carbocycles. The number of carbonyl (C=O) groups is 1. The van der Waals surface area contributed by atoms with E-state index in [0.717, 1.165) is 0 Å². The lowest BCUT2D eigenvalue weighted by atomic mass is 10.3. The van der Waals surface area contributed by atoms with Gasteiger partial charge in [-0.1, -0.05) is 29.3 Å². The number of hydrogen-bond donors (Lipinski definition) is 1. The van der Waals surface area contributed by atoms with Gasteiger partial charge < -0.3 is 10.2 Å². The molecule has 0 spiro atoms. The van der Waals surface area contributed by atoms with Crippen LogP contribution in [0.3, 0.4) is 0 Å². The Kier molecular flexibility index (Phi) is 5.67. The number of urea groups is 1. The molecule has 1 rings (SSSR count). The molecule has 0 aliphatic heterocycles. The predicted octanol–water partition coefficient (Wildman–Crippen LogP) is 4.17. The van der Waals surface area contributed by atoms with Crippen LogP contribution >= 0.6 is 46.4 Å². The SMILES string of the molecule is CN(C(=O)Nc1cccc(Cl)c1)C(Cl)C(Cl)Cl. The molecule has 0 radical (unpaired) electrons. The summed E-state index contributed by atoms with van der Waals surface area (Å²) in [5, 5.41) is 3.15. The number of halogens is 4. The van der Waals surface area contributed by atoms with Gasteiger partial charge in [0.2, 0.25) is 0 Å². The van der Waals surface area contributed by atoms with E-state index in [1.807, 2.05) is 0 Å². The molecule has 1 N–H and O–H groups in total. The van der Waals surface area contributed by atoms with Crippen molar-refractivity contribution in [3.8, 4) is 0 Å². The second-order valence-corrected chi connectivity index (χ2v) is 5.31. The van der Waals surface area contributed by atoms with E-state index in [0.29, 0.717) is 10.7 Å². The van der Waals surface area contributed by atoms with E-state index in [-0.39, 0.29) is 0 Å². The molecule has 0 heterocycles. The number of anilines is 1.